The Kier molecular flexibility index (Phi) is 33.1. The molecule has 0 atom stereocenters. The molecule has 8 heterocycles. The van der Waals surface area contributed by atoms with Crippen molar-refractivity contribution in [3.63, 3.8) is 0 Å². The second kappa shape index (κ2) is 41.7. The summed E-state index contributed by atoms with van der Waals surface area (Å²) in [6, 6.07) is 36.0. The van der Waals surface area contributed by atoms with Crippen LogP contribution in [0.5, 0.6) is 0 Å². The topological polar surface area (TPSA) is 217 Å². The molecule has 0 aliphatic heterocycles. The van der Waals surface area contributed by atoms with Gasteiger partial charge < -0.3 is 31.5 Å². The van der Waals surface area contributed by atoms with Gasteiger partial charge in [0.25, 0.3) is 0 Å². The van der Waals surface area contributed by atoms with Crippen LogP contribution in [-0.2, 0) is 6.61 Å². The maximum absolute atomic E-state index is 13.3. The zero-order valence-electron chi connectivity index (χ0n) is 64.4. The summed E-state index contributed by atoms with van der Waals surface area (Å²) in [5.74, 6) is -9.35. The Morgan fingerprint density at radius 1 is 0.441 bits per heavy atom. The fourth-order valence-electron chi connectivity index (χ4n) is 13.9. The van der Waals surface area contributed by atoms with Crippen molar-refractivity contribution >= 4 is 74.3 Å². The first kappa shape index (κ1) is 87.9. The van der Waals surface area contributed by atoms with Gasteiger partial charge in [-0.1, -0.05) is 29.8 Å². The number of aliphatic hydroxyl groups is 1. The fraction of sp³-hybridized carbons (Fsp3) is 0.488. The van der Waals surface area contributed by atoms with Crippen molar-refractivity contribution < 1.29 is 50.1 Å². The molecule has 594 valence electrons. The van der Waals surface area contributed by atoms with Crippen LogP contribution in [0.2, 0.25) is 18.5 Å². The molecule has 0 spiro atoms. The number of nitrogens with zero attached hydrogens (tertiary/aromatic N) is 10. The molecule has 0 radical (unpaired) electrons. The first-order valence-corrected chi connectivity index (χ1v) is 46.4. The van der Waals surface area contributed by atoms with E-state index in [0.29, 0.717) is 120 Å². The van der Waals surface area contributed by atoms with Gasteiger partial charge in [-0.15, -0.1) is 0 Å². The van der Waals surface area contributed by atoms with E-state index in [2.05, 4.69) is 112 Å². The molecule has 17 nitrogen and oxygen atoms in total. The molecule has 0 bridgehead atoms. The van der Waals surface area contributed by atoms with Crippen LogP contribution in [0, 0.1) is 40.8 Å². The number of halogens is 9. The number of carboxylic acid groups (broad SMARTS) is 1. The minimum atomic E-state index is -2.61. The predicted octanol–water partition coefficient (Wildman–Crippen LogP) is 22.8. The van der Waals surface area contributed by atoms with Crippen molar-refractivity contribution in [2.45, 2.75) is 257 Å². The molecule has 4 aliphatic rings. The number of unbranched alkanes of at least 4 members (excludes halogenated alkanes) is 3. The Hall–Kier alpha value is -8.66. The minimum Gasteiger partial charge on any atom is -0.478 e. The summed E-state index contributed by atoms with van der Waals surface area (Å²) in [6.45, 7) is 28.9. The Morgan fingerprint density at radius 2 is 0.766 bits per heavy atom. The van der Waals surface area contributed by atoms with E-state index in [-0.39, 0.29) is 92.9 Å². The van der Waals surface area contributed by atoms with Crippen LogP contribution in [0.4, 0.5) is 69.8 Å². The van der Waals surface area contributed by atoms with E-state index in [0.717, 1.165) is 22.8 Å². The van der Waals surface area contributed by atoms with Crippen LogP contribution in [0.15, 0.2) is 121 Å². The van der Waals surface area contributed by atoms with Crippen LogP contribution in [-0.4, -0.2) is 122 Å². The molecule has 4 fully saturated rings. The van der Waals surface area contributed by atoms with E-state index in [9.17, 15) is 50.1 Å². The first-order chi connectivity index (χ1) is 52.9. The molecule has 4 saturated carbocycles. The third-order valence-electron chi connectivity index (χ3n) is 20.2. The molecular weight excluding hydrogens is 1560 g/mol. The van der Waals surface area contributed by atoms with Crippen molar-refractivity contribution in [1.29, 1.82) is 0 Å². The minimum absolute atomic E-state index is 0.0237. The molecule has 8 aromatic heterocycles. The van der Waals surface area contributed by atoms with Gasteiger partial charge in [-0.2, -0.15) is 0 Å². The summed E-state index contributed by atoms with van der Waals surface area (Å²) in [4.78, 5) is 54.0. The third-order valence-corrected chi connectivity index (χ3v) is 35.5. The zero-order valence-corrected chi connectivity index (χ0v) is 68.0. The second-order valence-corrected chi connectivity index (χ2v) is 43.0. The summed E-state index contributed by atoms with van der Waals surface area (Å²) >= 11 is 3.53. The summed E-state index contributed by atoms with van der Waals surface area (Å²) in [7, 11) is 0. The van der Waals surface area contributed by atoms with E-state index in [4.69, 9.17) is 29.7 Å². The second-order valence-electron chi connectivity index (χ2n) is 29.5. The molecule has 4 aliphatic carbocycles. The Balaban J connectivity index is 0.000000175. The number of alkyl halides is 8. The summed E-state index contributed by atoms with van der Waals surface area (Å²) in [5.41, 5.74) is 9.09. The third kappa shape index (κ3) is 28.8. The number of anilines is 4. The molecular formula is C84H103ClF8N14O3Sn. The predicted molar refractivity (Wildman–Crippen MR) is 428 cm³/mol. The Morgan fingerprint density at radius 3 is 1.11 bits per heavy atom. The monoisotopic (exact) mass is 1660 g/mol. The number of aromatic carboxylic acids is 1. The average molecular weight is 1660 g/mol. The number of pyridine rings is 8. The Bertz CT molecular complexity index is 4370. The quantitative estimate of drug-likeness (QED) is 0.0152. The van der Waals surface area contributed by atoms with Crippen LogP contribution < -0.4 is 25.0 Å². The van der Waals surface area contributed by atoms with Crippen LogP contribution in [0.25, 0.3) is 43.9 Å². The van der Waals surface area contributed by atoms with E-state index in [1.807, 2.05) is 69.3 Å². The largest absolute Gasteiger partial charge is 0.478 e. The molecule has 12 rings (SSSR count). The van der Waals surface area contributed by atoms with Crippen molar-refractivity contribution in [1.82, 2.24) is 39.9 Å². The molecule has 111 heavy (non-hydrogen) atoms. The molecule has 27 heteroatoms. The van der Waals surface area contributed by atoms with Crippen LogP contribution in [0.3, 0.4) is 0 Å². The number of hydrogen-bond donors (Lipinski definition) is 6. The van der Waals surface area contributed by atoms with Crippen LogP contribution in [0.1, 0.15) is 201 Å². The summed E-state index contributed by atoms with van der Waals surface area (Å²) in [5, 5.41) is 31.7. The van der Waals surface area contributed by atoms with Gasteiger partial charge in [0.05, 0.1) is 59.5 Å². The van der Waals surface area contributed by atoms with Crippen LogP contribution >= 0.6 is 11.6 Å². The van der Waals surface area contributed by atoms with Crippen molar-refractivity contribution in [2.24, 2.45) is 0 Å². The summed E-state index contributed by atoms with van der Waals surface area (Å²) in [6.07, 6.45) is 10.3. The van der Waals surface area contributed by atoms with Gasteiger partial charge in [0.15, 0.2) is 11.4 Å². The fourth-order valence-corrected chi connectivity index (χ4v) is 29.7. The molecule has 0 saturated heterocycles. The van der Waals surface area contributed by atoms with Gasteiger partial charge in [-0.3, -0.25) is 15.0 Å². The van der Waals surface area contributed by atoms with E-state index in [1.54, 1.807) is 40.1 Å². The standard InChI is InChI=1S/C18H18F2N4.C18H19F2N3O2.C18H21F2N3O.C12H12ClF2N3.C6H6N.3C4H9.Sn/c1-12-4-3-5-15(22-12)16-10-14(21-2)11-17(24-16)23-13-6-8-18(19,20)9-7-13;1-11-3-2-4-14(21-11)15-9-12(17(24)25)10-16(23-15)22-13-5-7-18(19,20)8-6-13;1-12-3-2-4-15(21-12)16-9-13(11-24)10-17(23-16)22-14-5-7-18(19,20)8-6-14;1-16-9-6-10(13)18-11(7-9)17-8-2-4-12(14,15)5-3-8;1-6-4-2-3-5-7-6;3*1-3-4-2;/h3-5,10-11,13H,6-9H2,1H3,(H,23,24);2-4,9-10,13H,5-8H2,1H3,(H,22,23)(H,24,25);2-4,9-10,14,24H,5-8,11H2,1H3,(H,22,23);6-8H,2-5H2,(H,17,18);2-4H,1H3;3*1,3-4H2,2H3;. The van der Waals surface area contributed by atoms with E-state index >= 15 is 0 Å². The first-order valence-electron chi connectivity index (χ1n) is 38.5. The molecule has 0 aromatic carbocycles. The smallest absolute Gasteiger partial charge is 0.335 e. The SMILES string of the molecule is CCC[CH2][Sn]([CH2]CCC)([CH2]CCC)[c]1cccc(C)n1.Cc1cccc(-c2cc(C(=O)O)cc(NC3CCC(F)(F)CC3)n2)n1.Cc1cccc(-c2cc(CO)cc(NC3CCC(F)(F)CC3)n2)n1.[C-]#[N+]c1cc(Cl)nc(NC2CCC(F)(F)CC2)c1.[C-]#[N+]c1cc(NC2CCC(F)(F)CC2)nc(-c2cccc(C)n2)c1. The maximum Gasteiger partial charge on any atom is 0.335 e. The molecule has 6 N–H and O–H groups in total. The number of aromatic nitrogens is 8. The van der Waals surface area contributed by atoms with Gasteiger partial charge in [-0.05, 0) is 163 Å². The van der Waals surface area contributed by atoms with Gasteiger partial charge in [-0.25, -0.2) is 69.5 Å². The summed E-state index contributed by atoms with van der Waals surface area (Å²) < 4.78 is 112. The number of hydrogen-bond acceptors (Lipinski definition) is 14. The van der Waals surface area contributed by atoms with Crippen molar-refractivity contribution in [2.75, 3.05) is 21.3 Å². The number of rotatable bonds is 23. The average Bonchev–Trinajstić information content (AvgIpc) is 0.828. The van der Waals surface area contributed by atoms with Crippen molar-refractivity contribution in [3.8, 4) is 34.2 Å². The van der Waals surface area contributed by atoms with Gasteiger partial charge in [0, 0.05) is 92.6 Å². The van der Waals surface area contributed by atoms with Gasteiger partial charge >= 0.3 is 136 Å². The van der Waals surface area contributed by atoms with E-state index < -0.39 is 48.0 Å². The number of aliphatic hydroxyl groups excluding tert-OH is 1. The van der Waals surface area contributed by atoms with Gasteiger partial charge in [0.2, 0.25) is 23.7 Å². The van der Waals surface area contributed by atoms with Gasteiger partial charge in [0.1, 0.15) is 28.4 Å². The Labute approximate surface area is 656 Å². The molecule has 0 unspecified atom stereocenters. The number of carbonyl (C=O) groups is 1. The zero-order chi connectivity index (χ0) is 80.4. The number of aryl methyl sites for hydroxylation is 4. The van der Waals surface area contributed by atoms with Crippen molar-refractivity contribution in [3.05, 3.63) is 183 Å². The normalized spacial score (nSPS) is 16.7. The molecule has 0 amide bonds. The number of nitrogens with one attached hydrogen (secondary N) is 4. The molecule has 8 aromatic rings. The number of carboxylic acids is 1. The van der Waals surface area contributed by atoms with E-state index in [1.165, 1.54) is 75.7 Å². The maximum atomic E-state index is 13.3.